The van der Waals surface area contributed by atoms with Gasteiger partial charge in [-0.1, -0.05) is 95.6 Å². The van der Waals surface area contributed by atoms with Crippen molar-refractivity contribution in [1.82, 2.24) is 10.6 Å². The fourth-order valence-corrected chi connectivity index (χ4v) is 4.76. The van der Waals surface area contributed by atoms with Crippen LogP contribution in [0.5, 0.6) is 5.75 Å². The maximum atomic E-state index is 13.1. The molecule has 2 aromatic rings. The molecule has 4 unspecified atom stereocenters. The second-order valence-electron chi connectivity index (χ2n) is 11.7. The van der Waals surface area contributed by atoms with Crippen molar-refractivity contribution in [3.05, 3.63) is 76.8 Å². The minimum atomic E-state index is -1.04. The Hall–Kier alpha value is -3.85. The molecule has 1 heterocycles. The van der Waals surface area contributed by atoms with Crippen molar-refractivity contribution in [3.63, 3.8) is 0 Å². The Morgan fingerprint density at radius 2 is 1.64 bits per heavy atom. The van der Waals surface area contributed by atoms with Gasteiger partial charge in [0.1, 0.15) is 11.9 Å². The van der Waals surface area contributed by atoms with Gasteiger partial charge < -0.3 is 24.8 Å². The van der Waals surface area contributed by atoms with E-state index in [0.717, 1.165) is 24.2 Å². The number of amides is 2. The van der Waals surface area contributed by atoms with Gasteiger partial charge in [-0.2, -0.15) is 0 Å². The lowest BCUT2D eigenvalue weighted by Crippen LogP contribution is -2.41. The number of aryl methyl sites for hydroxylation is 2. The highest BCUT2D eigenvalue weighted by molar-refractivity contribution is 6.32. The minimum Gasteiger partial charge on any atom is -0.495 e. The number of halogens is 1. The zero-order chi connectivity index (χ0) is 35.4. The average Bonchev–Trinajstić information content (AvgIpc) is 3.05. The zero-order valence-electron chi connectivity index (χ0n) is 29.1. The molecule has 9 nitrogen and oxygen atoms in total. The Labute approximate surface area is 285 Å². The molecule has 0 radical (unpaired) electrons. The smallest absolute Gasteiger partial charge is 0.347 e. The van der Waals surface area contributed by atoms with Crippen molar-refractivity contribution in [2.45, 2.75) is 86.4 Å². The molecule has 47 heavy (non-hydrogen) atoms. The summed E-state index contributed by atoms with van der Waals surface area (Å²) >= 11 is 5.80. The summed E-state index contributed by atoms with van der Waals surface area (Å²) in [5.41, 5.74) is 2.33. The van der Waals surface area contributed by atoms with Crippen molar-refractivity contribution in [3.8, 4) is 5.75 Å². The van der Waals surface area contributed by atoms with Crippen LogP contribution in [-0.4, -0.2) is 56.2 Å². The van der Waals surface area contributed by atoms with Gasteiger partial charge in [-0.3, -0.25) is 14.4 Å². The van der Waals surface area contributed by atoms with Crippen LogP contribution in [0.3, 0.4) is 0 Å². The lowest BCUT2D eigenvalue weighted by Gasteiger charge is -2.27. The quantitative estimate of drug-likeness (QED) is 0.317. The van der Waals surface area contributed by atoms with E-state index >= 15 is 0 Å². The van der Waals surface area contributed by atoms with E-state index in [0.29, 0.717) is 17.9 Å². The van der Waals surface area contributed by atoms with Gasteiger partial charge in [0, 0.05) is 13.0 Å². The van der Waals surface area contributed by atoms with Crippen LogP contribution in [-0.2, 0) is 35.1 Å². The summed E-state index contributed by atoms with van der Waals surface area (Å²) in [4.78, 5) is 49.8. The largest absolute Gasteiger partial charge is 0.495 e. The Morgan fingerprint density at radius 1 is 0.957 bits per heavy atom. The Bertz CT molecular complexity index is 1280. The van der Waals surface area contributed by atoms with Crippen LogP contribution in [0.2, 0.25) is 5.02 Å². The average molecular weight is 673 g/mol. The minimum absolute atomic E-state index is 0.00847. The predicted molar refractivity (Wildman–Crippen MR) is 186 cm³/mol. The number of nitrogens with one attached hydrogen (secondary N) is 2. The number of cyclic esters (lactones) is 2. The first-order valence-electron chi connectivity index (χ1n) is 16.4. The number of carbonyl (C=O) groups is 4. The monoisotopic (exact) mass is 672 g/mol. The molecule has 2 amide bonds. The number of hydrogen-bond donors (Lipinski definition) is 2. The second-order valence-corrected chi connectivity index (χ2v) is 12.1. The van der Waals surface area contributed by atoms with E-state index in [4.69, 9.17) is 25.8 Å². The lowest BCUT2D eigenvalue weighted by atomic mass is 9.94. The molecule has 2 aromatic carbocycles. The zero-order valence-corrected chi connectivity index (χ0v) is 29.9. The number of benzene rings is 2. The van der Waals surface area contributed by atoms with Gasteiger partial charge in [0.05, 0.1) is 24.6 Å². The van der Waals surface area contributed by atoms with Gasteiger partial charge in [-0.05, 0) is 67.4 Å². The molecule has 0 spiro atoms. The van der Waals surface area contributed by atoms with E-state index in [1.807, 2.05) is 77.9 Å². The third kappa shape index (κ3) is 16.5. The Morgan fingerprint density at radius 3 is 2.26 bits per heavy atom. The van der Waals surface area contributed by atoms with E-state index in [2.05, 4.69) is 22.8 Å². The summed E-state index contributed by atoms with van der Waals surface area (Å²) in [6.07, 6.45) is 3.68. The third-order valence-corrected chi connectivity index (χ3v) is 7.51. The van der Waals surface area contributed by atoms with E-state index in [1.54, 1.807) is 20.1 Å². The normalized spacial score (nSPS) is 20.5. The summed E-state index contributed by atoms with van der Waals surface area (Å²) in [5.74, 6) is -1.85. The van der Waals surface area contributed by atoms with Crippen LogP contribution >= 0.6 is 11.6 Å². The van der Waals surface area contributed by atoms with Crippen LogP contribution < -0.4 is 15.4 Å². The van der Waals surface area contributed by atoms with E-state index in [-0.39, 0.29) is 24.9 Å². The number of hydrogen-bond acceptors (Lipinski definition) is 7. The fourth-order valence-electron chi connectivity index (χ4n) is 4.44. The number of ether oxygens (including phenoxy) is 3. The number of methoxy groups -OCH3 is 1. The molecular formula is C37H53ClN2O7. The molecule has 3 rings (SSSR count). The second kappa shape index (κ2) is 22.6. The van der Waals surface area contributed by atoms with Crippen molar-refractivity contribution in [2.24, 2.45) is 17.8 Å². The van der Waals surface area contributed by atoms with E-state index in [1.165, 1.54) is 11.6 Å². The molecule has 4 atom stereocenters. The van der Waals surface area contributed by atoms with Gasteiger partial charge in [0.15, 0.2) is 6.10 Å². The predicted octanol–water partition coefficient (Wildman–Crippen LogP) is 6.64. The molecule has 1 aliphatic rings. The fraction of sp³-hybridized carbons (Fsp3) is 0.514. The highest BCUT2D eigenvalue weighted by Crippen LogP contribution is 2.24. The SMILES string of the molecule is CC.CC(C)CC1OC(=O)C(C)CNC(=O)CNC(=O)/C=C/CC(C(C)CCc2ccccc2)OC1=O.COc1ccc(C)cc1Cl. The van der Waals surface area contributed by atoms with Crippen LogP contribution in [0.25, 0.3) is 0 Å². The van der Waals surface area contributed by atoms with Crippen molar-refractivity contribution in [1.29, 1.82) is 0 Å². The highest BCUT2D eigenvalue weighted by Gasteiger charge is 2.31. The maximum Gasteiger partial charge on any atom is 0.347 e. The van der Waals surface area contributed by atoms with Crippen molar-refractivity contribution >= 4 is 35.4 Å². The van der Waals surface area contributed by atoms with Gasteiger partial charge in [-0.15, -0.1) is 0 Å². The first kappa shape index (κ1) is 41.2. The molecule has 0 bridgehead atoms. The van der Waals surface area contributed by atoms with Crippen LogP contribution in [0.1, 0.15) is 71.9 Å². The number of rotatable bonds is 7. The standard InChI is InChI=1S/C27H38N2O6.C8H9ClO.C2H6/c1-18(2)15-23-27(33)34-22(19(3)13-14-21-9-6-5-7-10-21)11-8-12-24(30)29-17-25(31)28-16-20(4)26(32)35-23;1-6-3-4-8(10-2)7(9)5-6;1-2/h5-10,12,18-20,22-23H,11,13-17H2,1-4H3,(H,28,31)(H,29,30);3-5H,1-2H3;1-2H3/b12-8+;;. The van der Waals surface area contributed by atoms with Gasteiger partial charge in [0.25, 0.3) is 0 Å². The first-order chi connectivity index (χ1) is 22.4. The molecule has 0 saturated heterocycles. The molecular weight excluding hydrogens is 620 g/mol. The Kier molecular flexibility index (Phi) is 19.8. The lowest BCUT2D eigenvalue weighted by molar-refractivity contribution is -0.176. The molecule has 0 fully saturated rings. The third-order valence-electron chi connectivity index (χ3n) is 7.22. The molecule has 2 N–H and O–H groups in total. The van der Waals surface area contributed by atoms with Crippen LogP contribution in [0.15, 0.2) is 60.7 Å². The molecule has 0 saturated carbocycles. The number of esters is 2. The van der Waals surface area contributed by atoms with Gasteiger partial charge in [-0.25, -0.2) is 4.79 Å². The number of carbonyl (C=O) groups excluding carboxylic acids is 4. The van der Waals surface area contributed by atoms with E-state index in [9.17, 15) is 19.2 Å². The summed E-state index contributed by atoms with van der Waals surface area (Å²) < 4.78 is 16.4. The molecule has 260 valence electrons. The molecule has 0 aromatic heterocycles. The van der Waals surface area contributed by atoms with Gasteiger partial charge >= 0.3 is 11.9 Å². The summed E-state index contributed by atoms with van der Waals surface area (Å²) in [6, 6.07) is 15.7. The first-order valence-corrected chi connectivity index (χ1v) is 16.7. The van der Waals surface area contributed by atoms with Gasteiger partial charge in [0.2, 0.25) is 11.8 Å². The van der Waals surface area contributed by atoms with Crippen molar-refractivity contribution in [2.75, 3.05) is 20.2 Å². The van der Waals surface area contributed by atoms with Crippen molar-refractivity contribution < 1.29 is 33.4 Å². The maximum absolute atomic E-state index is 13.1. The summed E-state index contributed by atoms with van der Waals surface area (Å²) in [5, 5.41) is 5.76. The topological polar surface area (TPSA) is 120 Å². The molecule has 10 heteroatoms. The molecule has 0 aliphatic carbocycles. The van der Waals surface area contributed by atoms with E-state index < -0.39 is 41.9 Å². The summed E-state index contributed by atoms with van der Waals surface area (Å²) in [7, 11) is 1.61. The Balaban J connectivity index is 0.000000774. The summed E-state index contributed by atoms with van der Waals surface area (Å²) in [6.45, 7) is 13.3. The van der Waals surface area contributed by atoms with Crippen LogP contribution in [0.4, 0.5) is 0 Å². The highest BCUT2D eigenvalue weighted by atomic mass is 35.5. The van der Waals surface area contributed by atoms with Crippen LogP contribution in [0, 0.1) is 24.7 Å². The molecule has 1 aliphatic heterocycles.